The molecule has 1 aliphatic rings. The van der Waals surface area contributed by atoms with E-state index < -0.39 is 10.0 Å². The topological polar surface area (TPSA) is 89.0 Å². The lowest BCUT2D eigenvalue weighted by Crippen LogP contribution is -2.50. The Morgan fingerprint density at radius 2 is 1.80 bits per heavy atom. The number of benzene rings is 2. The quantitative estimate of drug-likeness (QED) is 0.597. The van der Waals surface area contributed by atoms with Gasteiger partial charge in [-0.3, -0.25) is 4.79 Å². The molecule has 0 unspecified atom stereocenters. The molecule has 1 aliphatic heterocycles. The lowest BCUT2D eigenvalue weighted by molar-refractivity contribution is 0.0698. The first-order valence-electron chi connectivity index (χ1n) is 9.29. The van der Waals surface area contributed by atoms with Crippen LogP contribution in [0, 0.1) is 0 Å². The van der Waals surface area contributed by atoms with Crippen LogP contribution in [0.5, 0.6) is 11.5 Å². The van der Waals surface area contributed by atoms with Crippen molar-refractivity contribution < 1.29 is 22.7 Å². The number of aromatic nitrogens is 1. The molecule has 2 aromatic carbocycles. The Morgan fingerprint density at radius 1 is 1.03 bits per heavy atom. The Balaban J connectivity index is 1.50. The second kappa shape index (κ2) is 8.21. The van der Waals surface area contributed by atoms with Crippen LogP contribution in [0.25, 0.3) is 10.2 Å². The zero-order valence-corrected chi connectivity index (χ0v) is 18.2. The molecule has 0 N–H and O–H groups in total. The molecule has 0 bridgehead atoms. The number of hydrogen-bond acceptors (Lipinski definition) is 7. The van der Waals surface area contributed by atoms with Crippen molar-refractivity contribution in [2.45, 2.75) is 4.90 Å². The summed E-state index contributed by atoms with van der Waals surface area (Å²) in [6.45, 7) is 1.03. The molecule has 30 heavy (non-hydrogen) atoms. The van der Waals surface area contributed by atoms with Crippen molar-refractivity contribution in [3.8, 4) is 11.5 Å². The number of sulfonamides is 1. The van der Waals surface area contributed by atoms with Gasteiger partial charge in [-0.15, -0.1) is 11.3 Å². The van der Waals surface area contributed by atoms with Gasteiger partial charge in [0.2, 0.25) is 10.0 Å². The molecule has 3 aromatic rings. The van der Waals surface area contributed by atoms with E-state index in [1.54, 1.807) is 28.6 Å². The minimum Gasteiger partial charge on any atom is -0.497 e. The van der Waals surface area contributed by atoms with Crippen LogP contribution >= 0.6 is 11.3 Å². The van der Waals surface area contributed by atoms with Crippen LogP contribution < -0.4 is 9.47 Å². The summed E-state index contributed by atoms with van der Waals surface area (Å²) in [6, 6.07) is 10.1. The van der Waals surface area contributed by atoms with Crippen LogP contribution in [0.2, 0.25) is 0 Å². The molecule has 4 rings (SSSR count). The number of methoxy groups -OCH3 is 2. The predicted octanol–water partition coefficient (Wildman–Crippen LogP) is 2.46. The fourth-order valence-electron chi connectivity index (χ4n) is 3.43. The van der Waals surface area contributed by atoms with Crippen LogP contribution in [0.4, 0.5) is 0 Å². The van der Waals surface area contributed by atoms with Crippen LogP contribution in [-0.4, -0.2) is 68.9 Å². The van der Waals surface area contributed by atoms with E-state index in [9.17, 15) is 13.2 Å². The molecule has 8 nitrogen and oxygen atoms in total. The average Bonchev–Trinajstić information content (AvgIpc) is 3.26. The normalized spacial score (nSPS) is 15.3. The fraction of sp³-hybridized carbons (Fsp3) is 0.300. The van der Waals surface area contributed by atoms with Crippen molar-refractivity contribution in [2.75, 3.05) is 40.4 Å². The number of carbonyl (C=O) groups is 1. The van der Waals surface area contributed by atoms with Gasteiger partial charge in [-0.1, -0.05) is 0 Å². The van der Waals surface area contributed by atoms with Crippen LogP contribution in [-0.2, 0) is 10.0 Å². The summed E-state index contributed by atoms with van der Waals surface area (Å²) >= 11 is 1.48. The second-order valence-electron chi connectivity index (χ2n) is 6.75. The number of rotatable bonds is 5. The highest BCUT2D eigenvalue weighted by Gasteiger charge is 2.32. The summed E-state index contributed by atoms with van der Waals surface area (Å²) in [6.07, 6.45) is 0. The van der Waals surface area contributed by atoms with Crippen molar-refractivity contribution in [2.24, 2.45) is 0 Å². The fourth-order valence-corrected chi connectivity index (χ4v) is 5.74. The zero-order valence-electron chi connectivity index (χ0n) is 16.6. The van der Waals surface area contributed by atoms with Gasteiger partial charge in [-0.2, -0.15) is 4.31 Å². The number of hydrogen-bond donors (Lipinski definition) is 0. The largest absolute Gasteiger partial charge is 0.497 e. The number of fused-ring (bicyclic) bond motifs is 1. The number of thiazole rings is 1. The molecule has 1 saturated heterocycles. The van der Waals surface area contributed by atoms with E-state index in [0.29, 0.717) is 24.4 Å². The van der Waals surface area contributed by atoms with E-state index in [1.807, 2.05) is 12.1 Å². The summed E-state index contributed by atoms with van der Waals surface area (Å²) in [4.78, 5) is 18.8. The van der Waals surface area contributed by atoms with Gasteiger partial charge in [0.1, 0.15) is 16.4 Å². The molecule has 0 radical (unpaired) electrons. The van der Waals surface area contributed by atoms with Crippen LogP contribution in [0.3, 0.4) is 0 Å². The molecule has 1 amide bonds. The molecule has 1 aromatic heterocycles. The minimum absolute atomic E-state index is 0.0553. The SMILES string of the molecule is COc1ccc(OC)c(S(=O)(=O)N2CCN(C(=O)c3ccc4ncsc4c3)CC2)c1. The smallest absolute Gasteiger partial charge is 0.253 e. The van der Waals surface area contributed by atoms with Gasteiger partial charge in [0.15, 0.2) is 0 Å². The molecule has 2 heterocycles. The van der Waals surface area contributed by atoms with E-state index in [0.717, 1.165) is 10.2 Å². The van der Waals surface area contributed by atoms with Gasteiger partial charge in [-0.05, 0) is 30.3 Å². The summed E-state index contributed by atoms with van der Waals surface area (Å²) in [7, 11) is -0.882. The van der Waals surface area contributed by atoms with Gasteiger partial charge in [0, 0.05) is 37.8 Å². The maximum atomic E-state index is 13.2. The third kappa shape index (κ3) is 3.73. The highest BCUT2D eigenvalue weighted by molar-refractivity contribution is 7.89. The third-order valence-electron chi connectivity index (χ3n) is 5.09. The molecular formula is C20H21N3O5S2. The monoisotopic (exact) mass is 447 g/mol. The van der Waals surface area contributed by atoms with E-state index >= 15 is 0 Å². The highest BCUT2D eigenvalue weighted by Crippen LogP contribution is 2.31. The molecule has 0 spiro atoms. The Bertz CT molecular complexity index is 1180. The zero-order chi connectivity index (χ0) is 21.3. The van der Waals surface area contributed by atoms with Crippen molar-refractivity contribution in [1.29, 1.82) is 0 Å². The van der Waals surface area contributed by atoms with Crippen LogP contribution in [0.15, 0.2) is 46.8 Å². The number of piperazine rings is 1. The lowest BCUT2D eigenvalue weighted by atomic mass is 10.2. The molecule has 10 heteroatoms. The highest BCUT2D eigenvalue weighted by atomic mass is 32.2. The van der Waals surface area contributed by atoms with Crippen molar-refractivity contribution >= 4 is 37.5 Å². The standard InChI is InChI=1S/C20H21N3O5S2/c1-27-15-4-6-17(28-2)19(12-15)30(25,26)23-9-7-22(8-10-23)20(24)14-3-5-16-18(11-14)29-13-21-16/h3-6,11-13H,7-10H2,1-2H3. The van der Waals surface area contributed by atoms with Crippen LogP contribution in [0.1, 0.15) is 10.4 Å². The van der Waals surface area contributed by atoms with E-state index in [-0.39, 0.29) is 29.6 Å². The van der Waals surface area contributed by atoms with Gasteiger partial charge in [0.05, 0.1) is 29.9 Å². The first-order valence-corrected chi connectivity index (χ1v) is 11.6. The first-order chi connectivity index (χ1) is 14.4. The number of amides is 1. The van der Waals surface area contributed by atoms with E-state index in [2.05, 4.69) is 4.98 Å². The van der Waals surface area contributed by atoms with E-state index in [1.165, 1.54) is 35.9 Å². The molecular weight excluding hydrogens is 426 g/mol. The van der Waals surface area contributed by atoms with Gasteiger partial charge >= 0.3 is 0 Å². The number of carbonyl (C=O) groups excluding carboxylic acids is 1. The summed E-state index contributed by atoms with van der Waals surface area (Å²) in [5, 5.41) is 0. The summed E-state index contributed by atoms with van der Waals surface area (Å²) in [5.74, 6) is 0.579. The maximum absolute atomic E-state index is 13.2. The van der Waals surface area contributed by atoms with E-state index in [4.69, 9.17) is 9.47 Å². The second-order valence-corrected chi connectivity index (χ2v) is 9.54. The first kappa shape index (κ1) is 20.6. The van der Waals surface area contributed by atoms with Gasteiger partial charge in [-0.25, -0.2) is 13.4 Å². The van der Waals surface area contributed by atoms with Gasteiger partial charge < -0.3 is 14.4 Å². The van der Waals surface area contributed by atoms with Crippen molar-refractivity contribution in [3.63, 3.8) is 0 Å². The predicted molar refractivity (Wildman–Crippen MR) is 114 cm³/mol. The number of nitrogens with zero attached hydrogens (tertiary/aromatic N) is 3. The molecule has 0 saturated carbocycles. The van der Waals surface area contributed by atoms with Crippen molar-refractivity contribution in [3.05, 3.63) is 47.5 Å². The molecule has 1 fully saturated rings. The minimum atomic E-state index is -3.79. The molecule has 158 valence electrons. The molecule has 0 atom stereocenters. The lowest BCUT2D eigenvalue weighted by Gasteiger charge is -2.34. The summed E-state index contributed by atoms with van der Waals surface area (Å²) in [5.41, 5.74) is 3.19. The Labute approximate surface area is 178 Å². The maximum Gasteiger partial charge on any atom is 0.253 e. The summed E-state index contributed by atoms with van der Waals surface area (Å²) < 4.78 is 39.1. The average molecular weight is 448 g/mol. The Hall–Kier alpha value is -2.69. The van der Waals surface area contributed by atoms with Gasteiger partial charge in [0.25, 0.3) is 5.91 Å². The Morgan fingerprint density at radius 3 is 2.50 bits per heavy atom. The molecule has 0 aliphatic carbocycles. The Kier molecular flexibility index (Phi) is 5.63. The van der Waals surface area contributed by atoms with Crippen molar-refractivity contribution in [1.82, 2.24) is 14.2 Å². The third-order valence-corrected chi connectivity index (χ3v) is 7.80. The number of ether oxygens (including phenoxy) is 2.